The van der Waals surface area contributed by atoms with Crippen LogP contribution in [0.5, 0.6) is 0 Å². The second-order valence-corrected chi connectivity index (χ2v) is 4.77. The first kappa shape index (κ1) is 11.9. The van der Waals surface area contributed by atoms with Crippen LogP contribution in [0.25, 0.3) is 16.9 Å². The minimum Gasteiger partial charge on any atom is -0.329 e. The second kappa shape index (κ2) is 4.50. The van der Waals surface area contributed by atoms with Gasteiger partial charge in [0.2, 0.25) is 0 Å². The predicted octanol–water partition coefficient (Wildman–Crippen LogP) is 3.61. The zero-order chi connectivity index (χ0) is 13.4. The number of nitriles is 1. The molecule has 0 aliphatic rings. The van der Waals surface area contributed by atoms with Crippen LogP contribution in [0.3, 0.4) is 0 Å². The minimum atomic E-state index is 0.537. The number of imidazole rings is 1. The van der Waals surface area contributed by atoms with Crippen LogP contribution in [0.15, 0.2) is 36.5 Å². The first-order chi connectivity index (χ1) is 9.19. The Bertz CT molecular complexity index is 855. The van der Waals surface area contributed by atoms with Gasteiger partial charge in [0.25, 0.3) is 0 Å². The molecular weight excluding hydrogens is 280 g/mol. The van der Waals surface area contributed by atoms with Crippen LogP contribution < -0.4 is 0 Å². The lowest BCUT2D eigenvalue weighted by molar-refractivity contribution is 1.04. The van der Waals surface area contributed by atoms with Crippen molar-refractivity contribution in [1.82, 2.24) is 14.5 Å². The number of aromatic nitrogens is 3. The number of hydrogen-bond acceptors (Lipinski definition) is 3. The minimum absolute atomic E-state index is 0.537. The highest BCUT2D eigenvalue weighted by Gasteiger charge is 2.08. The van der Waals surface area contributed by atoms with E-state index in [1.165, 1.54) is 0 Å². The molecule has 3 aromatic rings. The molecule has 0 amide bonds. The summed E-state index contributed by atoms with van der Waals surface area (Å²) in [6.07, 6.45) is 1.58. The third kappa shape index (κ3) is 2.01. The van der Waals surface area contributed by atoms with E-state index in [0.29, 0.717) is 21.0 Å². The molecule has 0 atom stereocenters. The van der Waals surface area contributed by atoms with Gasteiger partial charge in [0.05, 0.1) is 22.2 Å². The molecule has 0 bridgehead atoms. The average Bonchev–Trinajstić information content (AvgIpc) is 2.74. The number of nitrogens with one attached hydrogen (secondary N) is 1. The molecular formula is C13H7ClN4S. The first-order valence-corrected chi connectivity index (χ1v) is 6.24. The van der Waals surface area contributed by atoms with Gasteiger partial charge in [-0.2, -0.15) is 5.26 Å². The van der Waals surface area contributed by atoms with Gasteiger partial charge in [-0.05, 0) is 42.5 Å². The Morgan fingerprint density at radius 1 is 1.32 bits per heavy atom. The molecule has 3 rings (SSSR count). The molecule has 0 unspecified atom stereocenters. The summed E-state index contributed by atoms with van der Waals surface area (Å²) in [6.45, 7) is 0. The number of halogens is 1. The molecule has 0 spiro atoms. The Morgan fingerprint density at radius 3 is 2.74 bits per heavy atom. The lowest BCUT2D eigenvalue weighted by Gasteiger charge is -2.03. The molecule has 92 valence electrons. The summed E-state index contributed by atoms with van der Waals surface area (Å²) < 4.78 is 2.34. The van der Waals surface area contributed by atoms with E-state index in [9.17, 15) is 0 Å². The summed E-state index contributed by atoms with van der Waals surface area (Å²) in [7, 11) is 0. The van der Waals surface area contributed by atoms with Gasteiger partial charge in [0.15, 0.2) is 10.4 Å². The van der Waals surface area contributed by atoms with Crippen molar-refractivity contribution in [1.29, 1.82) is 5.26 Å². The Labute approximate surface area is 118 Å². The summed E-state index contributed by atoms with van der Waals surface area (Å²) in [5.41, 5.74) is 2.94. The average molecular weight is 287 g/mol. The topological polar surface area (TPSA) is 57.4 Å². The largest absolute Gasteiger partial charge is 0.329 e. The zero-order valence-corrected chi connectivity index (χ0v) is 11.2. The molecule has 2 heterocycles. The van der Waals surface area contributed by atoms with Crippen molar-refractivity contribution in [2.45, 2.75) is 0 Å². The molecule has 4 nitrogen and oxygen atoms in total. The van der Waals surface area contributed by atoms with Crippen LogP contribution in [-0.2, 0) is 0 Å². The fourth-order valence-corrected chi connectivity index (χ4v) is 2.35. The molecule has 6 heteroatoms. The van der Waals surface area contributed by atoms with E-state index < -0.39 is 0 Å². The van der Waals surface area contributed by atoms with Gasteiger partial charge >= 0.3 is 0 Å². The van der Waals surface area contributed by atoms with Crippen molar-refractivity contribution < 1.29 is 0 Å². The van der Waals surface area contributed by atoms with Crippen LogP contribution in [0.2, 0.25) is 5.02 Å². The first-order valence-electron chi connectivity index (χ1n) is 5.46. The Balaban J connectivity index is 2.27. The summed E-state index contributed by atoms with van der Waals surface area (Å²) >= 11 is 11.2. The molecule has 0 radical (unpaired) electrons. The number of pyridine rings is 1. The maximum absolute atomic E-state index is 8.81. The van der Waals surface area contributed by atoms with Crippen molar-refractivity contribution >= 4 is 35.0 Å². The molecule has 0 fully saturated rings. The maximum atomic E-state index is 8.81. The number of fused-ring (bicyclic) bond motifs is 1. The summed E-state index contributed by atoms with van der Waals surface area (Å²) in [6, 6.07) is 11.0. The Hall–Kier alpha value is -2.16. The highest BCUT2D eigenvalue weighted by molar-refractivity contribution is 7.71. The molecule has 1 N–H and O–H groups in total. The smallest absolute Gasteiger partial charge is 0.183 e. The number of benzene rings is 1. The van der Waals surface area contributed by atoms with Gasteiger partial charge in [0.1, 0.15) is 0 Å². The van der Waals surface area contributed by atoms with Crippen molar-refractivity contribution in [2.75, 3.05) is 0 Å². The van der Waals surface area contributed by atoms with Gasteiger partial charge in [-0.3, -0.25) is 4.57 Å². The zero-order valence-electron chi connectivity index (χ0n) is 9.59. The number of H-pyrrole nitrogens is 1. The SMILES string of the molecule is N#Cc1ccc(-n2c(=S)[nH]c3cc(Cl)cnc32)cc1. The summed E-state index contributed by atoms with van der Waals surface area (Å²) in [4.78, 5) is 7.35. The van der Waals surface area contributed by atoms with E-state index in [4.69, 9.17) is 29.1 Å². The standard InChI is InChI=1S/C13H7ClN4S/c14-9-5-11-12(16-7-9)18(13(19)17-11)10-3-1-8(6-15)2-4-10/h1-5,7H,(H,17,19). The Kier molecular flexibility index (Phi) is 2.82. The number of aromatic amines is 1. The summed E-state index contributed by atoms with van der Waals surface area (Å²) in [5, 5.41) is 9.36. The maximum Gasteiger partial charge on any atom is 0.183 e. The van der Waals surface area contributed by atoms with E-state index in [1.54, 1.807) is 24.4 Å². The highest BCUT2D eigenvalue weighted by atomic mass is 35.5. The lowest BCUT2D eigenvalue weighted by atomic mass is 10.2. The number of rotatable bonds is 1. The van der Waals surface area contributed by atoms with Crippen LogP contribution in [0, 0.1) is 16.1 Å². The molecule has 2 aromatic heterocycles. The van der Waals surface area contributed by atoms with Gasteiger partial charge in [-0.25, -0.2) is 4.98 Å². The van der Waals surface area contributed by atoms with Crippen molar-refractivity contribution in [3.05, 3.63) is 51.9 Å². The van der Waals surface area contributed by atoms with E-state index in [1.807, 2.05) is 16.7 Å². The van der Waals surface area contributed by atoms with Gasteiger partial charge in [-0.1, -0.05) is 11.6 Å². The molecule has 1 aromatic carbocycles. The number of nitrogens with zero attached hydrogens (tertiary/aromatic N) is 3. The molecule has 0 aliphatic carbocycles. The van der Waals surface area contributed by atoms with E-state index in [-0.39, 0.29) is 0 Å². The van der Waals surface area contributed by atoms with E-state index in [0.717, 1.165) is 11.2 Å². The lowest BCUT2D eigenvalue weighted by Crippen LogP contribution is -1.95. The van der Waals surface area contributed by atoms with Gasteiger partial charge < -0.3 is 4.98 Å². The third-order valence-electron chi connectivity index (χ3n) is 2.74. The van der Waals surface area contributed by atoms with E-state index >= 15 is 0 Å². The quantitative estimate of drug-likeness (QED) is 0.695. The van der Waals surface area contributed by atoms with Crippen LogP contribution >= 0.6 is 23.8 Å². The van der Waals surface area contributed by atoms with Crippen molar-refractivity contribution in [3.8, 4) is 11.8 Å². The second-order valence-electron chi connectivity index (χ2n) is 3.95. The third-order valence-corrected chi connectivity index (χ3v) is 3.24. The fraction of sp³-hybridized carbons (Fsp3) is 0. The van der Waals surface area contributed by atoms with Gasteiger partial charge in [-0.15, -0.1) is 0 Å². The molecule has 0 saturated carbocycles. The van der Waals surface area contributed by atoms with E-state index in [2.05, 4.69) is 16.0 Å². The summed E-state index contributed by atoms with van der Waals surface area (Å²) in [5.74, 6) is 0. The normalized spacial score (nSPS) is 10.5. The predicted molar refractivity (Wildman–Crippen MR) is 76.0 cm³/mol. The molecule has 0 aliphatic heterocycles. The fourth-order valence-electron chi connectivity index (χ4n) is 1.89. The molecule has 0 saturated heterocycles. The van der Waals surface area contributed by atoms with Crippen molar-refractivity contribution in [2.24, 2.45) is 0 Å². The molecule has 19 heavy (non-hydrogen) atoms. The van der Waals surface area contributed by atoms with Crippen LogP contribution in [-0.4, -0.2) is 14.5 Å². The Morgan fingerprint density at radius 2 is 2.05 bits per heavy atom. The monoisotopic (exact) mass is 286 g/mol. The highest BCUT2D eigenvalue weighted by Crippen LogP contribution is 2.20. The number of hydrogen-bond donors (Lipinski definition) is 1. The van der Waals surface area contributed by atoms with Crippen molar-refractivity contribution in [3.63, 3.8) is 0 Å². The van der Waals surface area contributed by atoms with Crippen LogP contribution in [0.1, 0.15) is 5.56 Å². The van der Waals surface area contributed by atoms with Gasteiger partial charge in [0, 0.05) is 11.9 Å². The van der Waals surface area contributed by atoms with Crippen LogP contribution in [0.4, 0.5) is 0 Å².